The van der Waals surface area contributed by atoms with Gasteiger partial charge in [0.2, 0.25) is 5.79 Å². The van der Waals surface area contributed by atoms with Gasteiger partial charge in [0.15, 0.2) is 5.13 Å². The van der Waals surface area contributed by atoms with Crippen LogP contribution in [0.4, 0.5) is 9.93 Å². The Morgan fingerprint density at radius 1 is 1.11 bits per heavy atom. The van der Waals surface area contributed by atoms with Gasteiger partial charge in [-0.2, -0.15) is 0 Å². The molecule has 2 aromatic heterocycles. The van der Waals surface area contributed by atoms with Crippen molar-refractivity contribution >= 4 is 32.7 Å². The van der Waals surface area contributed by atoms with Crippen LogP contribution in [0.5, 0.6) is 0 Å². The zero-order chi connectivity index (χ0) is 19.1. The Hall–Kier alpha value is -2.55. The Balaban J connectivity index is 1.71. The van der Waals surface area contributed by atoms with Crippen molar-refractivity contribution in [3.05, 3.63) is 54.4 Å². The average molecular weight is 386 g/mol. The molecule has 0 bridgehead atoms. The van der Waals surface area contributed by atoms with Crippen LogP contribution in [0.1, 0.15) is 19.5 Å². The molecule has 0 unspecified atom stereocenters. The van der Waals surface area contributed by atoms with Crippen LogP contribution in [0.3, 0.4) is 0 Å². The highest BCUT2D eigenvalue weighted by Gasteiger charge is 2.36. The van der Waals surface area contributed by atoms with Crippen LogP contribution in [0, 0.1) is 0 Å². The fourth-order valence-corrected chi connectivity index (χ4v) is 3.56. The van der Waals surface area contributed by atoms with Gasteiger partial charge < -0.3 is 14.8 Å². The van der Waals surface area contributed by atoms with Gasteiger partial charge in [-0.1, -0.05) is 29.5 Å². The number of aromatic nitrogens is 2. The number of para-hydroxylation sites is 1. The minimum absolute atomic E-state index is 0.114. The molecule has 0 atom stereocenters. The zero-order valence-electron chi connectivity index (χ0n) is 15.3. The Labute approximate surface area is 161 Å². The van der Waals surface area contributed by atoms with Gasteiger partial charge in [-0.05, 0) is 38.1 Å². The van der Waals surface area contributed by atoms with Crippen LogP contribution >= 0.6 is 11.3 Å². The monoisotopic (exact) mass is 386 g/mol. The third-order valence-electron chi connectivity index (χ3n) is 3.81. The van der Waals surface area contributed by atoms with Crippen LogP contribution in [-0.4, -0.2) is 35.8 Å². The van der Waals surface area contributed by atoms with Crippen LogP contribution < -0.4 is 10.6 Å². The number of hydrogen-bond donors (Lipinski definition) is 2. The predicted octanol–water partition coefficient (Wildman–Crippen LogP) is 3.74. The lowest BCUT2D eigenvalue weighted by Crippen LogP contribution is -2.46. The molecule has 0 aliphatic heterocycles. The summed E-state index contributed by atoms with van der Waals surface area (Å²) >= 11 is 1.42. The van der Waals surface area contributed by atoms with Crippen LogP contribution in [-0.2, 0) is 15.3 Å². The maximum Gasteiger partial charge on any atom is 0.321 e. The zero-order valence-corrected chi connectivity index (χ0v) is 16.1. The second-order valence-corrected chi connectivity index (χ2v) is 6.66. The molecule has 2 amide bonds. The van der Waals surface area contributed by atoms with Crippen molar-refractivity contribution in [2.24, 2.45) is 0 Å². The summed E-state index contributed by atoms with van der Waals surface area (Å²) in [5, 5.41) is 6.11. The largest absolute Gasteiger partial charge is 0.344 e. The lowest BCUT2D eigenvalue weighted by Gasteiger charge is -2.32. The molecular weight excluding hydrogens is 364 g/mol. The van der Waals surface area contributed by atoms with E-state index in [-0.39, 0.29) is 12.6 Å². The van der Waals surface area contributed by atoms with E-state index in [2.05, 4.69) is 20.6 Å². The summed E-state index contributed by atoms with van der Waals surface area (Å²) in [6.07, 6.45) is 1.67. The number of anilines is 1. The van der Waals surface area contributed by atoms with Crippen molar-refractivity contribution in [3.63, 3.8) is 0 Å². The van der Waals surface area contributed by atoms with Gasteiger partial charge in [0, 0.05) is 19.4 Å². The summed E-state index contributed by atoms with van der Waals surface area (Å²) < 4.78 is 12.7. The molecule has 2 heterocycles. The van der Waals surface area contributed by atoms with E-state index in [9.17, 15) is 4.79 Å². The van der Waals surface area contributed by atoms with Crippen LogP contribution in [0.2, 0.25) is 0 Å². The number of urea groups is 1. The van der Waals surface area contributed by atoms with E-state index in [1.807, 2.05) is 56.3 Å². The lowest BCUT2D eigenvalue weighted by molar-refractivity contribution is -0.240. The quantitative estimate of drug-likeness (QED) is 0.576. The highest BCUT2D eigenvalue weighted by atomic mass is 32.1. The van der Waals surface area contributed by atoms with E-state index in [0.717, 1.165) is 10.2 Å². The number of carbonyl (C=O) groups is 1. The van der Waals surface area contributed by atoms with E-state index >= 15 is 0 Å². The smallest absolute Gasteiger partial charge is 0.321 e. The number of thiazole rings is 1. The number of rotatable bonds is 8. The maximum atomic E-state index is 12.4. The van der Waals surface area contributed by atoms with Crippen molar-refractivity contribution in [1.29, 1.82) is 0 Å². The summed E-state index contributed by atoms with van der Waals surface area (Å²) in [5.74, 6) is -1.14. The van der Waals surface area contributed by atoms with Crippen LogP contribution in [0.25, 0.3) is 10.2 Å². The molecule has 8 heteroatoms. The first-order valence-corrected chi connectivity index (χ1v) is 9.58. The Kier molecular flexibility index (Phi) is 6.33. The summed E-state index contributed by atoms with van der Waals surface area (Å²) in [5.41, 5.74) is 1.46. The number of benzene rings is 1. The highest BCUT2D eigenvalue weighted by Crippen LogP contribution is 2.27. The van der Waals surface area contributed by atoms with E-state index in [4.69, 9.17) is 9.47 Å². The maximum absolute atomic E-state index is 12.4. The normalized spacial score (nSPS) is 11.5. The minimum Gasteiger partial charge on any atom is -0.344 e. The molecular formula is C19H22N4O3S. The molecule has 0 radical (unpaired) electrons. The van der Waals surface area contributed by atoms with E-state index < -0.39 is 5.79 Å². The van der Waals surface area contributed by atoms with Gasteiger partial charge in [0.25, 0.3) is 0 Å². The van der Waals surface area contributed by atoms with Crippen molar-refractivity contribution in [2.45, 2.75) is 19.6 Å². The van der Waals surface area contributed by atoms with Crippen molar-refractivity contribution in [3.8, 4) is 0 Å². The Morgan fingerprint density at radius 3 is 2.52 bits per heavy atom. The van der Waals surface area contributed by atoms with Crippen molar-refractivity contribution in [1.82, 2.24) is 15.3 Å². The number of pyridine rings is 1. The third kappa shape index (κ3) is 4.60. The molecule has 0 saturated carbocycles. The van der Waals surface area contributed by atoms with Crippen LogP contribution in [0.15, 0.2) is 48.7 Å². The summed E-state index contributed by atoms with van der Waals surface area (Å²) in [6.45, 7) is 4.69. The molecule has 0 aliphatic carbocycles. The van der Waals surface area contributed by atoms with Crippen molar-refractivity contribution in [2.75, 3.05) is 25.1 Å². The van der Waals surface area contributed by atoms with Gasteiger partial charge in [0.05, 0.1) is 16.8 Å². The van der Waals surface area contributed by atoms with Gasteiger partial charge in [-0.25, -0.2) is 9.78 Å². The van der Waals surface area contributed by atoms with Crippen molar-refractivity contribution < 1.29 is 14.3 Å². The minimum atomic E-state index is -1.14. The molecule has 0 saturated heterocycles. The SMILES string of the molecule is CCOC(CNC(=O)Nc1nc2ccccc2s1)(OCC)c1ccccn1. The predicted molar refractivity (Wildman–Crippen MR) is 106 cm³/mol. The molecule has 2 N–H and O–H groups in total. The molecule has 0 aliphatic rings. The van der Waals surface area contributed by atoms with Gasteiger partial charge in [0.1, 0.15) is 5.69 Å². The summed E-state index contributed by atoms with van der Waals surface area (Å²) in [7, 11) is 0. The van der Waals surface area contributed by atoms with Gasteiger partial charge >= 0.3 is 6.03 Å². The second-order valence-electron chi connectivity index (χ2n) is 5.63. The fourth-order valence-electron chi connectivity index (χ4n) is 2.70. The molecule has 7 nitrogen and oxygen atoms in total. The number of ether oxygens (including phenoxy) is 2. The Morgan fingerprint density at radius 2 is 1.85 bits per heavy atom. The molecule has 0 fully saturated rings. The average Bonchev–Trinajstić information content (AvgIpc) is 3.09. The highest BCUT2D eigenvalue weighted by molar-refractivity contribution is 7.22. The van der Waals surface area contributed by atoms with E-state index in [1.165, 1.54) is 11.3 Å². The molecule has 0 spiro atoms. The molecule has 3 aromatic rings. The van der Waals surface area contributed by atoms with E-state index in [1.54, 1.807) is 6.20 Å². The number of carbonyl (C=O) groups excluding carboxylic acids is 1. The second kappa shape index (κ2) is 8.90. The first-order chi connectivity index (χ1) is 13.2. The molecule has 142 valence electrons. The summed E-state index contributed by atoms with van der Waals surface area (Å²) in [6, 6.07) is 12.8. The topological polar surface area (TPSA) is 85.4 Å². The number of hydrogen-bond acceptors (Lipinski definition) is 6. The molecule has 27 heavy (non-hydrogen) atoms. The summed E-state index contributed by atoms with van der Waals surface area (Å²) in [4.78, 5) is 21.1. The number of nitrogens with zero attached hydrogens (tertiary/aromatic N) is 2. The number of fused-ring (bicyclic) bond motifs is 1. The Bertz CT molecular complexity index is 846. The van der Waals surface area contributed by atoms with Gasteiger partial charge in [-0.3, -0.25) is 10.3 Å². The first-order valence-electron chi connectivity index (χ1n) is 8.76. The fraction of sp³-hybridized carbons (Fsp3) is 0.316. The lowest BCUT2D eigenvalue weighted by atomic mass is 10.1. The number of nitrogens with one attached hydrogen (secondary N) is 2. The van der Waals surface area contributed by atoms with E-state index in [0.29, 0.717) is 24.0 Å². The van der Waals surface area contributed by atoms with Gasteiger partial charge in [-0.15, -0.1) is 0 Å². The molecule has 1 aromatic carbocycles. The molecule has 3 rings (SSSR count). The standard InChI is InChI=1S/C19H22N4O3S/c1-3-25-19(26-4-2,16-11-7-8-12-20-16)13-21-17(24)23-18-22-14-9-5-6-10-15(14)27-18/h5-12H,3-4,13H2,1-2H3,(H2,21,22,23,24). The third-order valence-corrected chi connectivity index (χ3v) is 4.76. The first kappa shape index (κ1) is 19.2. The number of amides is 2.